The summed E-state index contributed by atoms with van der Waals surface area (Å²) in [6, 6.07) is 1.40. The second-order valence-corrected chi connectivity index (χ2v) is 4.94. The first-order valence-corrected chi connectivity index (χ1v) is 6.95. The van der Waals surface area contributed by atoms with E-state index >= 15 is 0 Å². The number of carbonyl (C=O) groups is 1. The number of anilines is 1. The van der Waals surface area contributed by atoms with Crippen LogP contribution in [0, 0.1) is 0 Å². The number of aromatic nitrogens is 2. The molecule has 0 radical (unpaired) electrons. The number of nitrogens with two attached hydrogens (primary N) is 1. The Balaban J connectivity index is 2.17. The van der Waals surface area contributed by atoms with Gasteiger partial charge in [0, 0.05) is 6.20 Å². The minimum absolute atomic E-state index is 0.0227. The van der Waals surface area contributed by atoms with Crippen LogP contribution in [-0.4, -0.2) is 64.4 Å². The first-order valence-electron chi connectivity index (χ1n) is 6.95. The smallest absolute Gasteiger partial charge is 0.351 e. The van der Waals surface area contributed by atoms with Gasteiger partial charge in [0.15, 0.2) is 6.23 Å². The number of aliphatic hydroxyl groups is 2. The average molecular weight is 329 g/mol. The third-order valence-corrected chi connectivity index (χ3v) is 3.46. The highest BCUT2D eigenvalue weighted by atomic mass is 16.6. The van der Waals surface area contributed by atoms with Crippen LogP contribution in [0.15, 0.2) is 17.1 Å². The van der Waals surface area contributed by atoms with E-state index in [1.807, 2.05) is 0 Å². The van der Waals surface area contributed by atoms with E-state index in [0.717, 1.165) is 4.57 Å². The van der Waals surface area contributed by atoms with Crippen LogP contribution in [0.5, 0.6) is 0 Å². The second kappa shape index (κ2) is 7.51. The fourth-order valence-corrected chi connectivity index (χ4v) is 2.27. The largest absolute Gasteiger partial charge is 0.469 e. The lowest BCUT2D eigenvalue weighted by Gasteiger charge is -2.22. The monoisotopic (exact) mass is 329 g/mol. The predicted molar refractivity (Wildman–Crippen MR) is 76.3 cm³/mol. The summed E-state index contributed by atoms with van der Waals surface area (Å²) in [7, 11) is 1.25. The number of esters is 1. The van der Waals surface area contributed by atoms with Crippen LogP contribution in [-0.2, 0) is 19.0 Å². The molecule has 4 N–H and O–H groups in total. The summed E-state index contributed by atoms with van der Waals surface area (Å²) < 4.78 is 16.5. The van der Waals surface area contributed by atoms with Crippen molar-refractivity contribution in [3.63, 3.8) is 0 Å². The molecule has 0 bridgehead atoms. The van der Waals surface area contributed by atoms with E-state index in [-0.39, 0.29) is 18.8 Å². The Morgan fingerprint density at radius 3 is 2.91 bits per heavy atom. The summed E-state index contributed by atoms with van der Waals surface area (Å²) in [6.07, 6.45) is -2.72. The van der Waals surface area contributed by atoms with Gasteiger partial charge >= 0.3 is 11.7 Å². The average Bonchev–Trinajstić information content (AvgIpc) is 2.83. The molecule has 2 heterocycles. The van der Waals surface area contributed by atoms with Crippen molar-refractivity contribution in [1.29, 1.82) is 0 Å². The first kappa shape index (κ1) is 17.3. The predicted octanol–water partition coefficient (Wildman–Crippen LogP) is -1.98. The molecular weight excluding hydrogens is 310 g/mol. The molecule has 1 aromatic heterocycles. The molecular formula is C13H19N3O7. The summed E-state index contributed by atoms with van der Waals surface area (Å²) >= 11 is 0. The van der Waals surface area contributed by atoms with Gasteiger partial charge in [-0.15, -0.1) is 0 Å². The van der Waals surface area contributed by atoms with Crippen LogP contribution < -0.4 is 11.4 Å². The SMILES string of the molecule is COC(=O)CCOC1C(O)[C@@H](CO)O[C@H]1n1ccc(N)nc1=O. The molecule has 10 nitrogen and oxygen atoms in total. The zero-order valence-corrected chi connectivity index (χ0v) is 12.5. The number of rotatable bonds is 6. The molecule has 0 aromatic carbocycles. The molecule has 1 saturated heterocycles. The van der Waals surface area contributed by atoms with E-state index < -0.39 is 42.8 Å². The van der Waals surface area contributed by atoms with Crippen LogP contribution >= 0.6 is 0 Å². The maximum absolute atomic E-state index is 11.9. The van der Waals surface area contributed by atoms with Gasteiger partial charge in [-0.25, -0.2) is 4.79 Å². The van der Waals surface area contributed by atoms with E-state index in [1.54, 1.807) is 0 Å². The molecule has 0 amide bonds. The number of ether oxygens (including phenoxy) is 3. The van der Waals surface area contributed by atoms with Gasteiger partial charge in [-0.05, 0) is 6.07 Å². The molecule has 10 heteroatoms. The molecule has 1 aromatic rings. The van der Waals surface area contributed by atoms with Gasteiger partial charge < -0.3 is 30.2 Å². The number of hydrogen-bond acceptors (Lipinski definition) is 9. The fraction of sp³-hybridized carbons (Fsp3) is 0.615. The Morgan fingerprint density at radius 1 is 1.57 bits per heavy atom. The molecule has 1 aliphatic rings. The third kappa shape index (κ3) is 3.85. The quantitative estimate of drug-likeness (QED) is 0.505. The highest BCUT2D eigenvalue weighted by molar-refractivity contribution is 5.69. The van der Waals surface area contributed by atoms with Gasteiger partial charge in [0.1, 0.15) is 24.1 Å². The van der Waals surface area contributed by atoms with Crippen molar-refractivity contribution >= 4 is 11.8 Å². The van der Waals surface area contributed by atoms with Crippen LogP contribution in [0.1, 0.15) is 12.6 Å². The van der Waals surface area contributed by atoms with Crippen LogP contribution in [0.2, 0.25) is 0 Å². The Labute approximate surface area is 131 Å². The van der Waals surface area contributed by atoms with E-state index in [2.05, 4.69) is 9.72 Å². The zero-order chi connectivity index (χ0) is 17.0. The molecule has 2 unspecified atom stereocenters. The fourth-order valence-electron chi connectivity index (χ4n) is 2.27. The first-order chi connectivity index (χ1) is 11.0. The molecule has 0 spiro atoms. The number of nitrogens with zero attached hydrogens (tertiary/aromatic N) is 2. The van der Waals surface area contributed by atoms with Gasteiger partial charge in [-0.3, -0.25) is 9.36 Å². The van der Waals surface area contributed by atoms with Crippen molar-refractivity contribution in [2.45, 2.75) is 31.0 Å². The maximum Gasteiger partial charge on any atom is 0.351 e. The van der Waals surface area contributed by atoms with Crippen LogP contribution in [0.3, 0.4) is 0 Å². The maximum atomic E-state index is 11.9. The third-order valence-electron chi connectivity index (χ3n) is 3.46. The van der Waals surface area contributed by atoms with E-state index in [9.17, 15) is 19.8 Å². The standard InChI is InChI=1S/C13H19N3O7/c1-21-9(18)3-5-22-11-10(19)7(6-17)23-12(11)16-4-2-8(14)15-13(16)20/h2,4,7,10-12,17,19H,3,5-6H2,1H3,(H2,14,15,20)/t7-,10?,11?,12-/m1/s1. The van der Waals surface area contributed by atoms with Crippen molar-refractivity contribution in [1.82, 2.24) is 9.55 Å². The van der Waals surface area contributed by atoms with Crippen molar-refractivity contribution in [2.24, 2.45) is 0 Å². The van der Waals surface area contributed by atoms with E-state index in [4.69, 9.17) is 15.2 Å². The Bertz CT molecular complexity index is 605. The number of carbonyl (C=O) groups excluding carboxylic acids is 1. The lowest BCUT2D eigenvalue weighted by Crippen LogP contribution is -2.38. The molecule has 0 saturated carbocycles. The van der Waals surface area contributed by atoms with E-state index in [0.29, 0.717) is 0 Å². The minimum atomic E-state index is -1.17. The van der Waals surface area contributed by atoms with Gasteiger partial charge in [0.2, 0.25) is 0 Å². The second-order valence-electron chi connectivity index (χ2n) is 4.94. The number of hydrogen-bond donors (Lipinski definition) is 3. The molecule has 23 heavy (non-hydrogen) atoms. The Kier molecular flexibility index (Phi) is 5.66. The van der Waals surface area contributed by atoms with Crippen LogP contribution in [0.25, 0.3) is 0 Å². The molecule has 2 rings (SSSR count). The van der Waals surface area contributed by atoms with Gasteiger partial charge in [0.25, 0.3) is 0 Å². The van der Waals surface area contributed by atoms with Crippen molar-refractivity contribution in [3.8, 4) is 0 Å². The van der Waals surface area contributed by atoms with Crippen molar-refractivity contribution < 1.29 is 29.2 Å². The summed E-state index contributed by atoms with van der Waals surface area (Å²) in [5.74, 6) is -0.424. The van der Waals surface area contributed by atoms with Gasteiger partial charge in [0.05, 0.1) is 26.7 Å². The number of aliphatic hydroxyl groups excluding tert-OH is 2. The molecule has 1 fully saturated rings. The van der Waals surface area contributed by atoms with Crippen molar-refractivity contribution in [2.75, 3.05) is 26.1 Å². The number of nitrogen functional groups attached to an aromatic ring is 1. The molecule has 128 valence electrons. The van der Waals surface area contributed by atoms with Crippen molar-refractivity contribution in [3.05, 3.63) is 22.7 Å². The summed E-state index contributed by atoms with van der Waals surface area (Å²) in [4.78, 5) is 26.6. The zero-order valence-electron chi connectivity index (χ0n) is 12.5. The van der Waals surface area contributed by atoms with E-state index in [1.165, 1.54) is 19.4 Å². The molecule has 0 aliphatic carbocycles. The number of methoxy groups -OCH3 is 1. The Hall–Kier alpha value is -2.01. The van der Waals surface area contributed by atoms with Gasteiger partial charge in [-0.2, -0.15) is 4.98 Å². The minimum Gasteiger partial charge on any atom is -0.469 e. The van der Waals surface area contributed by atoms with Gasteiger partial charge in [-0.1, -0.05) is 0 Å². The lowest BCUT2D eigenvalue weighted by atomic mass is 10.1. The normalized spacial score (nSPS) is 27.1. The molecule has 1 aliphatic heterocycles. The highest BCUT2D eigenvalue weighted by Gasteiger charge is 2.45. The highest BCUT2D eigenvalue weighted by Crippen LogP contribution is 2.30. The van der Waals surface area contributed by atoms with Crippen LogP contribution in [0.4, 0.5) is 5.82 Å². The summed E-state index contributed by atoms with van der Waals surface area (Å²) in [5.41, 5.74) is 4.75. The topological polar surface area (TPSA) is 146 Å². The Morgan fingerprint density at radius 2 is 2.30 bits per heavy atom. The molecule has 4 atom stereocenters. The lowest BCUT2D eigenvalue weighted by molar-refractivity contribution is -0.143. The summed E-state index contributed by atoms with van der Waals surface area (Å²) in [5, 5.41) is 19.4. The summed E-state index contributed by atoms with van der Waals surface area (Å²) in [6.45, 7) is -0.491.